The second kappa shape index (κ2) is 9.39. The summed E-state index contributed by atoms with van der Waals surface area (Å²) in [4.78, 5) is 24.8. The number of nitrogens with one attached hydrogen (secondary N) is 2. The number of halogens is 2. The van der Waals surface area contributed by atoms with Gasteiger partial charge in [0, 0.05) is 5.56 Å². The van der Waals surface area contributed by atoms with Crippen LogP contribution in [0.25, 0.3) is 0 Å². The van der Waals surface area contributed by atoms with Crippen molar-refractivity contribution in [3.05, 3.63) is 63.6 Å². The monoisotopic (exact) mass is 407 g/mol. The smallest absolute Gasteiger partial charge is 0.262 e. The number of hydrazone groups is 1. The Labute approximate surface area is 167 Å². The van der Waals surface area contributed by atoms with Crippen molar-refractivity contribution in [3.8, 4) is 5.75 Å². The Kier molecular flexibility index (Phi) is 7.21. The van der Waals surface area contributed by atoms with E-state index in [9.17, 15) is 14.7 Å². The third-order valence-corrected chi connectivity index (χ3v) is 4.44. The van der Waals surface area contributed by atoms with Gasteiger partial charge in [-0.05, 0) is 53.9 Å². The summed E-state index contributed by atoms with van der Waals surface area (Å²) >= 11 is 11.8. The van der Waals surface area contributed by atoms with Gasteiger partial charge in [-0.15, -0.1) is 0 Å². The molecule has 27 heavy (non-hydrogen) atoms. The number of hydrogen-bond acceptors (Lipinski definition) is 4. The first kappa shape index (κ1) is 20.7. The van der Waals surface area contributed by atoms with Crippen LogP contribution in [0.3, 0.4) is 0 Å². The number of rotatable bonds is 6. The lowest BCUT2D eigenvalue weighted by atomic mass is 10.0. The molecule has 0 heterocycles. The molecule has 0 aliphatic rings. The van der Waals surface area contributed by atoms with Crippen LogP contribution in [0.15, 0.2) is 47.6 Å². The van der Waals surface area contributed by atoms with Crippen molar-refractivity contribution in [2.45, 2.75) is 19.9 Å². The first-order valence-corrected chi connectivity index (χ1v) is 8.91. The van der Waals surface area contributed by atoms with E-state index in [0.717, 1.165) is 0 Å². The lowest BCUT2D eigenvalue weighted by molar-refractivity contribution is -0.123. The zero-order chi connectivity index (χ0) is 20.0. The molecule has 142 valence electrons. The van der Waals surface area contributed by atoms with Crippen molar-refractivity contribution in [2.75, 3.05) is 0 Å². The predicted molar refractivity (Wildman–Crippen MR) is 106 cm³/mol. The van der Waals surface area contributed by atoms with E-state index in [2.05, 4.69) is 15.8 Å². The summed E-state index contributed by atoms with van der Waals surface area (Å²) in [6.45, 7) is 3.62. The predicted octanol–water partition coefficient (Wildman–Crippen LogP) is 3.60. The van der Waals surface area contributed by atoms with Gasteiger partial charge in [-0.25, -0.2) is 5.43 Å². The van der Waals surface area contributed by atoms with Crippen LogP contribution in [0.5, 0.6) is 5.75 Å². The third kappa shape index (κ3) is 5.98. The van der Waals surface area contributed by atoms with Crippen LogP contribution >= 0.6 is 23.2 Å². The Bertz CT molecular complexity index is 852. The van der Waals surface area contributed by atoms with E-state index in [1.807, 2.05) is 13.8 Å². The molecule has 0 aliphatic heterocycles. The molecule has 0 aromatic heterocycles. The molecule has 1 atom stereocenters. The molecule has 2 aromatic carbocycles. The van der Waals surface area contributed by atoms with Gasteiger partial charge in [0.05, 0.1) is 16.3 Å². The highest BCUT2D eigenvalue weighted by Crippen LogP contribution is 2.22. The number of carbonyl (C=O) groups is 2. The lowest BCUT2D eigenvalue weighted by Gasteiger charge is -2.20. The number of benzene rings is 2. The molecule has 6 nitrogen and oxygen atoms in total. The fourth-order valence-electron chi connectivity index (χ4n) is 2.20. The number of phenolic OH excluding ortho intramolecular Hbond substituents is 1. The number of phenols is 1. The molecule has 3 N–H and O–H groups in total. The van der Waals surface area contributed by atoms with E-state index >= 15 is 0 Å². The standard InChI is InChI=1S/C19H19Cl2N3O3/c1-11(2)17(23-18(26)13-5-8-15(20)16(21)9-13)19(27)24-22-10-12-3-6-14(25)7-4-12/h3-11,17,25H,1-2H3,(H,23,26)(H,24,27)/b22-10+. The van der Waals surface area contributed by atoms with E-state index in [-0.39, 0.29) is 16.7 Å². The fraction of sp³-hybridized carbons (Fsp3) is 0.211. The summed E-state index contributed by atoms with van der Waals surface area (Å²) in [5.41, 5.74) is 3.41. The minimum absolute atomic E-state index is 0.140. The van der Waals surface area contributed by atoms with Crippen LogP contribution in [-0.2, 0) is 4.79 Å². The summed E-state index contributed by atoms with van der Waals surface area (Å²) in [6, 6.07) is 10.0. The maximum atomic E-state index is 12.4. The zero-order valence-electron chi connectivity index (χ0n) is 14.7. The molecule has 2 amide bonds. The fourth-order valence-corrected chi connectivity index (χ4v) is 2.50. The summed E-state index contributed by atoms with van der Waals surface area (Å²) < 4.78 is 0. The summed E-state index contributed by atoms with van der Waals surface area (Å²) in [5.74, 6) is -0.917. The van der Waals surface area contributed by atoms with E-state index in [1.165, 1.54) is 36.5 Å². The van der Waals surface area contributed by atoms with Gasteiger partial charge in [0.1, 0.15) is 11.8 Å². The largest absolute Gasteiger partial charge is 0.508 e. The molecule has 0 radical (unpaired) electrons. The molecule has 0 saturated heterocycles. The van der Waals surface area contributed by atoms with Gasteiger partial charge in [0.25, 0.3) is 11.8 Å². The van der Waals surface area contributed by atoms with Crippen LogP contribution in [-0.4, -0.2) is 29.2 Å². The Morgan fingerprint density at radius 2 is 1.74 bits per heavy atom. The molecule has 2 rings (SSSR count). The van der Waals surface area contributed by atoms with Crippen LogP contribution < -0.4 is 10.7 Å². The number of nitrogens with zero attached hydrogens (tertiary/aromatic N) is 1. The van der Waals surface area contributed by atoms with Gasteiger partial charge >= 0.3 is 0 Å². The van der Waals surface area contributed by atoms with Crippen molar-refractivity contribution < 1.29 is 14.7 Å². The van der Waals surface area contributed by atoms with Gasteiger partial charge in [-0.2, -0.15) is 5.10 Å². The molecule has 1 unspecified atom stereocenters. The maximum absolute atomic E-state index is 12.4. The summed E-state index contributed by atoms with van der Waals surface area (Å²) in [5, 5.41) is 16.4. The van der Waals surface area contributed by atoms with Crippen LogP contribution in [0.1, 0.15) is 29.8 Å². The zero-order valence-corrected chi connectivity index (χ0v) is 16.3. The van der Waals surface area contributed by atoms with E-state index < -0.39 is 17.9 Å². The van der Waals surface area contributed by atoms with Gasteiger partial charge in [-0.3, -0.25) is 9.59 Å². The molecule has 0 bridgehead atoms. The molecule has 0 fully saturated rings. The summed E-state index contributed by atoms with van der Waals surface area (Å²) in [6.07, 6.45) is 1.44. The second-order valence-electron chi connectivity index (χ2n) is 6.15. The van der Waals surface area contributed by atoms with E-state index in [1.54, 1.807) is 12.1 Å². The Balaban J connectivity index is 2.02. The van der Waals surface area contributed by atoms with Gasteiger partial charge in [0.2, 0.25) is 0 Å². The average Bonchev–Trinajstić information content (AvgIpc) is 2.63. The molecule has 2 aromatic rings. The van der Waals surface area contributed by atoms with Crippen molar-refractivity contribution in [2.24, 2.45) is 11.0 Å². The molecular weight excluding hydrogens is 389 g/mol. The Morgan fingerprint density at radius 3 is 2.33 bits per heavy atom. The average molecular weight is 408 g/mol. The topological polar surface area (TPSA) is 90.8 Å². The van der Waals surface area contributed by atoms with Crippen molar-refractivity contribution in [3.63, 3.8) is 0 Å². The minimum Gasteiger partial charge on any atom is -0.508 e. The van der Waals surface area contributed by atoms with Crippen molar-refractivity contribution >= 4 is 41.2 Å². The third-order valence-electron chi connectivity index (χ3n) is 3.70. The highest BCUT2D eigenvalue weighted by atomic mass is 35.5. The quantitative estimate of drug-likeness (QED) is 0.504. The number of amides is 2. The maximum Gasteiger partial charge on any atom is 0.262 e. The lowest BCUT2D eigenvalue weighted by Crippen LogP contribution is -2.48. The van der Waals surface area contributed by atoms with Gasteiger partial charge < -0.3 is 10.4 Å². The van der Waals surface area contributed by atoms with Crippen molar-refractivity contribution in [1.29, 1.82) is 0 Å². The van der Waals surface area contributed by atoms with E-state index in [4.69, 9.17) is 23.2 Å². The first-order valence-electron chi connectivity index (χ1n) is 8.16. The first-order chi connectivity index (χ1) is 12.8. The van der Waals surface area contributed by atoms with Crippen LogP contribution in [0, 0.1) is 5.92 Å². The molecule has 8 heteroatoms. The summed E-state index contributed by atoms with van der Waals surface area (Å²) in [7, 11) is 0. The normalized spacial score (nSPS) is 12.2. The SMILES string of the molecule is CC(C)C(NC(=O)c1ccc(Cl)c(Cl)c1)C(=O)N/N=C/c1ccc(O)cc1. The highest BCUT2D eigenvalue weighted by Gasteiger charge is 2.24. The van der Waals surface area contributed by atoms with E-state index in [0.29, 0.717) is 16.1 Å². The Hall–Kier alpha value is -2.57. The number of hydrogen-bond donors (Lipinski definition) is 3. The number of aromatic hydroxyl groups is 1. The van der Waals surface area contributed by atoms with Crippen molar-refractivity contribution in [1.82, 2.24) is 10.7 Å². The Morgan fingerprint density at radius 1 is 1.07 bits per heavy atom. The molecule has 0 spiro atoms. The van der Waals surface area contributed by atoms with Crippen LogP contribution in [0.4, 0.5) is 0 Å². The molecule has 0 aliphatic carbocycles. The highest BCUT2D eigenvalue weighted by molar-refractivity contribution is 6.42. The second-order valence-corrected chi connectivity index (χ2v) is 6.96. The van der Waals surface area contributed by atoms with Gasteiger partial charge in [-0.1, -0.05) is 37.0 Å². The number of carbonyl (C=O) groups excluding carboxylic acids is 2. The molecule has 0 saturated carbocycles. The van der Waals surface area contributed by atoms with Crippen LogP contribution in [0.2, 0.25) is 10.0 Å². The minimum atomic E-state index is -0.788. The molecular formula is C19H19Cl2N3O3. The van der Waals surface area contributed by atoms with Gasteiger partial charge in [0.15, 0.2) is 0 Å².